The van der Waals surface area contributed by atoms with Crippen LogP contribution in [0.15, 0.2) is 36.9 Å². The number of hydrazine groups is 1. The second kappa shape index (κ2) is 5.87. The van der Waals surface area contributed by atoms with Crippen LogP contribution in [0.2, 0.25) is 0 Å². The summed E-state index contributed by atoms with van der Waals surface area (Å²) in [5.41, 5.74) is 3.50. The van der Waals surface area contributed by atoms with E-state index in [0.29, 0.717) is 5.82 Å². The van der Waals surface area contributed by atoms with Crippen molar-refractivity contribution in [2.24, 2.45) is 5.84 Å². The van der Waals surface area contributed by atoms with Gasteiger partial charge in [-0.05, 0) is 18.6 Å². The molecule has 0 fully saturated rings. The highest BCUT2D eigenvalue weighted by atomic mass is 16.1. The summed E-state index contributed by atoms with van der Waals surface area (Å²) in [6.07, 6.45) is 6.14. The number of nitrogens with two attached hydrogens (primary N) is 1. The van der Waals surface area contributed by atoms with E-state index in [9.17, 15) is 4.79 Å². The van der Waals surface area contributed by atoms with E-state index in [2.05, 4.69) is 25.7 Å². The van der Waals surface area contributed by atoms with E-state index in [1.54, 1.807) is 12.4 Å². The van der Waals surface area contributed by atoms with E-state index >= 15 is 0 Å². The molecule has 0 aliphatic heterocycles. The second-order valence-corrected chi connectivity index (χ2v) is 3.91. The number of hydrogen-bond donors (Lipinski definition) is 3. The number of pyridine rings is 1. The highest BCUT2D eigenvalue weighted by molar-refractivity contribution is 5.92. The number of aromatic nitrogens is 3. The van der Waals surface area contributed by atoms with Gasteiger partial charge in [0, 0.05) is 12.4 Å². The van der Waals surface area contributed by atoms with Crippen molar-refractivity contribution < 1.29 is 4.79 Å². The Kier molecular flexibility index (Phi) is 3.99. The maximum atomic E-state index is 11.9. The monoisotopic (exact) mass is 258 g/mol. The number of amides is 1. The molecule has 19 heavy (non-hydrogen) atoms. The van der Waals surface area contributed by atoms with Crippen LogP contribution < -0.4 is 16.6 Å². The average Bonchev–Trinajstić information content (AvgIpc) is 2.48. The van der Waals surface area contributed by atoms with Crippen molar-refractivity contribution in [3.63, 3.8) is 0 Å². The average molecular weight is 258 g/mol. The molecule has 0 aliphatic rings. The highest BCUT2D eigenvalue weighted by Gasteiger charge is 2.12. The minimum atomic E-state index is -0.299. The number of carbonyl (C=O) groups is 1. The molecule has 7 nitrogen and oxygen atoms in total. The van der Waals surface area contributed by atoms with E-state index in [1.807, 2.05) is 19.1 Å². The first-order valence-corrected chi connectivity index (χ1v) is 5.70. The summed E-state index contributed by atoms with van der Waals surface area (Å²) in [7, 11) is 0. The second-order valence-electron chi connectivity index (χ2n) is 3.91. The molecule has 1 atom stereocenters. The molecular formula is C12H14N6O. The van der Waals surface area contributed by atoms with Gasteiger partial charge >= 0.3 is 0 Å². The lowest BCUT2D eigenvalue weighted by Gasteiger charge is -2.13. The zero-order valence-electron chi connectivity index (χ0n) is 10.4. The van der Waals surface area contributed by atoms with Crippen LogP contribution in [0, 0.1) is 0 Å². The van der Waals surface area contributed by atoms with Gasteiger partial charge in [-0.3, -0.25) is 9.78 Å². The van der Waals surface area contributed by atoms with Gasteiger partial charge in [0.25, 0.3) is 5.91 Å². The van der Waals surface area contributed by atoms with E-state index < -0.39 is 0 Å². The highest BCUT2D eigenvalue weighted by Crippen LogP contribution is 2.10. The Hall–Kier alpha value is -2.54. The maximum Gasteiger partial charge on any atom is 0.271 e. The molecule has 1 unspecified atom stereocenters. The lowest BCUT2D eigenvalue weighted by molar-refractivity contribution is 0.0934. The Morgan fingerprint density at radius 3 is 2.74 bits per heavy atom. The molecule has 98 valence electrons. The van der Waals surface area contributed by atoms with Crippen LogP contribution in [0.1, 0.15) is 29.0 Å². The van der Waals surface area contributed by atoms with Gasteiger partial charge in [0.2, 0.25) is 0 Å². The van der Waals surface area contributed by atoms with Gasteiger partial charge in [-0.2, -0.15) is 0 Å². The smallest absolute Gasteiger partial charge is 0.271 e. The molecule has 2 rings (SSSR count). The first-order valence-electron chi connectivity index (χ1n) is 5.70. The lowest BCUT2D eigenvalue weighted by atomic mass is 10.1. The summed E-state index contributed by atoms with van der Waals surface area (Å²) in [5.74, 6) is 5.27. The molecule has 0 saturated carbocycles. The third-order valence-electron chi connectivity index (χ3n) is 2.56. The Morgan fingerprint density at radius 2 is 2.16 bits per heavy atom. The van der Waals surface area contributed by atoms with Crippen LogP contribution >= 0.6 is 0 Å². The van der Waals surface area contributed by atoms with Crippen molar-refractivity contribution in [2.75, 3.05) is 5.43 Å². The SMILES string of the molecule is CC(NC(=O)c1cnc(NN)cn1)c1cccnc1. The summed E-state index contributed by atoms with van der Waals surface area (Å²) < 4.78 is 0. The Morgan fingerprint density at radius 1 is 1.32 bits per heavy atom. The fourth-order valence-corrected chi connectivity index (χ4v) is 1.51. The van der Waals surface area contributed by atoms with Crippen molar-refractivity contribution in [3.05, 3.63) is 48.2 Å². The van der Waals surface area contributed by atoms with Crippen molar-refractivity contribution >= 4 is 11.7 Å². The van der Waals surface area contributed by atoms with Crippen LogP contribution in [-0.4, -0.2) is 20.9 Å². The number of rotatable bonds is 4. The fourth-order valence-electron chi connectivity index (χ4n) is 1.51. The zero-order chi connectivity index (χ0) is 13.7. The van der Waals surface area contributed by atoms with Crippen molar-refractivity contribution in [1.29, 1.82) is 0 Å². The summed E-state index contributed by atoms with van der Waals surface area (Å²) in [6, 6.07) is 3.56. The molecule has 0 aliphatic carbocycles. The van der Waals surface area contributed by atoms with Crippen LogP contribution in [0.25, 0.3) is 0 Å². The molecule has 0 bridgehead atoms. The first kappa shape index (κ1) is 12.9. The topological polar surface area (TPSA) is 106 Å². The minimum Gasteiger partial charge on any atom is -0.344 e. The largest absolute Gasteiger partial charge is 0.344 e. The number of anilines is 1. The molecule has 2 aromatic rings. The molecule has 0 aromatic carbocycles. The number of carbonyl (C=O) groups excluding carboxylic acids is 1. The molecule has 2 heterocycles. The summed E-state index contributed by atoms with van der Waals surface area (Å²) in [6.45, 7) is 1.87. The van der Waals surface area contributed by atoms with Gasteiger partial charge in [0.1, 0.15) is 5.69 Å². The number of nitrogens with zero attached hydrogens (tertiary/aromatic N) is 3. The molecule has 2 aromatic heterocycles. The van der Waals surface area contributed by atoms with Crippen LogP contribution in [0.5, 0.6) is 0 Å². The van der Waals surface area contributed by atoms with Gasteiger partial charge in [-0.1, -0.05) is 6.07 Å². The predicted octanol–water partition coefficient (Wildman–Crippen LogP) is 0.648. The molecule has 1 amide bonds. The van der Waals surface area contributed by atoms with E-state index in [-0.39, 0.29) is 17.6 Å². The van der Waals surface area contributed by atoms with Gasteiger partial charge in [-0.25, -0.2) is 15.8 Å². The molecule has 7 heteroatoms. The standard InChI is InChI=1S/C12H14N6O/c1-8(9-3-2-4-14-5-9)17-12(19)10-6-16-11(18-13)7-15-10/h2-8H,13H2,1H3,(H,16,18)(H,17,19). The number of nitrogen functional groups attached to an aromatic ring is 1. The van der Waals surface area contributed by atoms with E-state index in [0.717, 1.165) is 5.56 Å². The van der Waals surface area contributed by atoms with Crippen LogP contribution in [0.4, 0.5) is 5.82 Å². The van der Waals surface area contributed by atoms with Gasteiger partial charge in [0.05, 0.1) is 18.4 Å². The van der Waals surface area contributed by atoms with E-state index in [1.165, 1.54) is 12.4 Å². The summed E-state index contributed by atoms with van der Waals surface area (Å²) >= 11 is 0. The Bertz CT molecular complexity index is 542. The Labute approximate surface area is 110 Å². The van der Waals surface area contributed by atoms with Gasteiger partial charge in [-0.15, -0.1) is 0 Å². The van der Waals surface area contributed by atoms with E-state index in [4.69, 9.17) is 5.84 Å². The van der Waals surface area contributed by atoms with Crippen molar-refractivity contribution in [1.82, 2.24) is 20.3 Å². The molecule has 4 N–H and O–H groups in total. The fraction of sp³-hybridized carbons (Fsp3) is 0.167. The maximum absolute atomic E-state index is 11.9. The van der Waals surface area contributed by atoms with Gasteiger partial charge in [0.15, 0.2) is 5.82 Å². The zero-order valence-corrected chi connectivity index (χ0v) is 10.4. The van der Waals surface area contributed by atoms with Gasteiger partial charge < -0.3 is 10.7 Å². The molecule has 0 radical (unpaired) electrons. The molecule has 0 saturated heterocycles. The normalized spacial score (nSPS) is 11.7. The predicted molar refractivity (Wildman–Crippen MR) is 70.0 cm³/mol. The van der Waals surface area contributed by atoms with Crippen LogP contribution in [-0.2, 0) is 0 Å². The molecular weight excluding hydrogens is 244 g/mol. The number of hydrogen-bond acceptors (Lipinski definition) is 6. The van der Waals surface area contributed by atoms with Crippen LogP contribution in [0.3, 0.4) is 0 Å². The van der Waals surface area contributed by atoms with Crippen molar-refractivity contribution in [3.8, 4) is 0 Å². The van der Waals surface area contributed by atoms with Crippen molar-refractivity contribution in [2.45, 2.75) is 13.0 Å². The first-order chi connectivity index (χ1) is 9.20. The third-order valence-corrected chi connectivity index (χ3v) is 2.56. The lowest BCUT2D eigenvalue weighted by Crippen LogP contribution is -2.27. The summed E-state index contributed by atoms with van der Waals surface area (Å²) in [4.78, 5) is 23.8. The molecule has 0 spiro atoms. The minimum absolute atomic E-state index is 0.157. The number of nitrogens with one attached hydrogen (secondary N) is 2. The summed E-state index contributed by atoms with van der Waals surface area (Å²) in [5, 5.41) is 2.82. The quantitative estimate of drug-likeness (QED) is 0.549. The Balaban J connectivity index is 2.04. The third kappa shape index (κ3) is 3.23.